The lowest BCUT2D eigenvalue weighted by atomic mass is 9.86. The van der Waals surface area contributed by atoms with Gasteiger partial charge < -0.3 is 33.2 Å². The quantitative estimate of drug-likeness (QED) is 0.304. The summed E-state index contributed by atoms with van der Waals surface area (Å²) in [5, 5.41) is 0.465. The molecule has 0 radical (unpaired) electrons. The Labute approximate surface area is 244 Å². The van der Waals surface area contributed by atoms with E-state index in [2.05, 4.69) is 0 Å². The summed E-state index contributed by atoms with van der Waals surface area (Å²) in [5.74, 6) is -4.70. The molecule has 226 valence electrons. The summed E-state index contributed by atoms with van der Waals surface area (Å²) < 4.78 is 39.7. The van der Waals surface area contributed by atoms with Crippen molar-refractivity contribution >= 4 is 41.6 Å². The van der Waals surface area contributed by atoms with Crippen LogP contribution in [0.3, 0.4) is 0 Å². The third-order valence-electron chi connectivity index (χ3n) is 7.01. The van der Waals surface area contributed by atoms with E-state index in [0.717, 1.165) is 39.5 Å². The van der Waals surface area contributed by atoms with E-state index in [1.165, 1.54) is 26.5 Å². The van der Waals surface area contributed by atoms with Crippen molar-refractivity contribution in [2.75, 3.05) is 20.8 Å². The van der Waals surface area contributed by atoms with Gasteiger partial charge in [-0.05, 0) is 43.4 Å². The third kappa shape index (κ3) is 8.06. The fourth-order valence-corrected chi connectivity index (χ4v) is 5.39. The number of carbonyl (C=O) groups is 4. The molecule has 11 nitrogen and oxygen atoms in total. The van der Waals surface area contributed by atoms with Crippen LogP contribution in [-0.2, 0) is 58.1 Å². The van der Waals surface area contributed by atoms with Crippen LogP contribution in [0.4, 0.5) is 0 Å². The number of esters is 4. The monoisotopic (exact) mass is 596 g/mol. The molecule has 0 unspecified atom stereocenters. The van der Waals surface area contributed by atoms with E-state index in [1.54, 1.807) is 25.3 Å². The normalized spacial score (nSPS) is 27.9. The van der Waals surface area contributed by atoms with Gasteiger partial charge in [0, 0.05) is 52.5 Å². The number of ether oxygens (including phenoxy) is 7. The lowest BCUT2D eigenvalue weighted by Gasteiger charge is -2.50. The van der Waals surface area contributed by atoms with Crippen LogP contribution < -0.4 is 0 Å². The van der Waals surface area contributed by atoms with Crippen LogP contribution in [0.1, 0.15) is 64.5 Å². The van der Waals surface area contributed by atoms with E-state index in [9.17, 15) is 19.2 Å². The molecule has 1 aliphatic heterocycles. The van der Waals surface area contributed by atoms with Gasteiger partial charge in [-0.15, -0.1) is 0 Å². The van der Waals surface area contributed by atoms with Crippen molar-refractivity contribution in [1.82, 2.24) is 0 Å². The summed E-state index contributed by atoms with van der Waals surface area (Å²) in [6.45, 7) is 4.31. The molecule has 41 heavy (non-hydrogen) atoms. The fraction of sp³-hybridized carbons (Fsp3) is 0.586. The van der Waals surface area contributed by atoms with Gasteiger partial charge in [0.05, 0.1) is 6.10 Å². The SMILES string of the molecule is COC1CCC(=Cc2cc([C@]3(OC)O[C@H](COC(C)=O)[C@@H](OC(C)=O)[C@H](OC(C)=O)[C@H]3OC(C)=O)ccc2Cl)CC1. The number of allylic oxidation sites excluding steroid dienone is 1. The van der Waals surface area contributed by atoms with Crippen molar-refractivity contribution < 1.29 is 52.3 Å². The molecule has 1 aromatic rings. The first-order chi connectivity index (χ1) is 19.4. The average Bonchev–Trinajstić information content (AvgIpc) is 2.91. The Hall–Kier alpha value is -2.99. The Morgan fingerprint density at radius 3 is 2.07 bits per heavy atom. The molecule has 2 fully saturated rings. The molecule has 1 heterocycles. The van der Waals surface area contributed by atoms with Gasteiger partial charge in [0.2, 0.25) is 11.9 Å². The zero-order valence-corrected chi connectivity index (χ0v) is 24.9. The van der Waals surface area contributed by atoms with E-state index in [4.69, 9.17) is 44.8 Å². The summed E-state index contributed by atoms with van der Waals surface area (Å²) in [6.07, 6.45) is 0.331. The predicted molar refractivity (Wildman–Crippen MR) is 146 cm³/mol. The van der Waals surface area contributed by atoms with Gasteiger partial charge in [0.25, 0.3) is 0 Å². The first-order valence-electron chi connectivity index (χ1n) is 13.3. The highest BCUT2D eigenvalue weighted by Gasteiger charge is 2.61. The molecule has 1 saturated heterocycles. The van der Waals surface area contributed by atoms with Crippen molar-refractivity contribution in [2.24, 2.45) is 0 Å². The average molecular weight is 597 g/mol. The van der Waals surface area contributed by atoms with E-state index in [0.29, 0.717) is 16.1 Å². The van der Waals surface area contributed by atoms with Gasteiger partial charge >= 0.3 is 23.9 Å². The summed E-state index contributed by atoms with van der Waals surface area (Å²) in [5.41, 5.74) is 2.23. The van der Waals surface area contributed by atoms with Crippen molar-refractivity contribution in [2.45, 2.75) is 89.7 Å². The van der Waals surface area contributed by atoms with Crippen molar-refractivity contribution in [1.29, 1.82) is 0 Å². The zero-order valence-electron chi connectivity index (χ0n) is 24.1. The smallest absolute Gasteiger partial charge is 0.303 e. The van der Waals surface area contributed by atoms with Gasteiger partial charge in [0.15, 0.2) is 12.2 Å². The maximum absolute atomic E-state index is 12.3. The number of methoxy groups -OCH3 is 2. The number of hydrogen-bond donors (Lipinski definition) is 0. The van der Waals surface area contributed by atoms with Gasteiger partial charge in [0.1, 0.15) is 12.7 Å². The van der Waals surface area contributed by atoms with Crippen molar-refractivity contribution in [3.63, 3.8) is 0 Å². The Kier molecular flexibility index (Phi) is 11.3. The van der Waals surface area contributed by atoms with Crippen molar-refractivity contribution in [3.05, 3.63) is 39.9 Å². The van der Waals surface area contributed by atoms with Gasteiger partial charge in [-0.3, -0.25) is 19.2 Å². The second kappa shape index (κ2) is 14.3. The van der Waals surface area contributed by atoms with Gasteiger partial charge in [-0.25, -0.2) is 0 Å². The minimum atomic E-state index is -1.89. The predicted octanol–water partition coefficient (Wildman–Crippen LogP) is 3.87. The van der Waals surface area contributed by atoms with Gasteiger partial charge in [-0.2, -0.15) is 0 Å². The Morgan fingerprint density at radius 1 is 0.927 bits per heavy atom. The maximum atomic E-state index is 12.3. The molecular weight excluding hydrogens is 560 g/mol. The summed E-state index contributed by atoms with van der Waals surface area (Å²) >= 11 is 6.59. The molecule has 0 spiro atoms. The lowest BCUT2D eigenvalue weighted by Crippen LogP contribution is -2.67. The number of benzene rings is 1. The molecule has 12 heteroatoms. The van der Waals surface area contributed by atoms with Crippen LogP contribution in [0.25, 0.3) is 6.08 Å². The number of halogens is 1. The molecule has 2 aliphatic rings. The molecule has 0 bridgehead atoms. The highest BCUT2D eigenvalue weighted by Crippen LogP contribution is 2.44. The molecule has 5 atom stereocenters. The molecule has 1 saturated carbocycles. The first-order valence-corrected chi connectivity index (χ1v) is 13.7. The molecule has 1 aromatic carbocycles. The lowest BCUT2D eigenvalue weighted by molar-refractivity contribution is -0.367. The zero-order chi connectivity index (χ0) is 30.3. The van der Waals surface area contributed by atoms with Crippen LogP contribution in [0.15, 0.2) is 23.8 Å². The third-order valence-corrected chi connectivity index (χ3v) is 7.35. The standard InChI is InChI=1S/C29H37ClO11/c1-16(31)37-15-25-26(38-17(2)32)27(39-18(3)33)28(40-19(4)34)29(36-6,41-25)22-9-12-24(30)21(14-22)13-20-7-10-23(35-5)11-8-20/h9,12-14,23,25-28H,7-8,10-11,15H2,1-6H3/t23?,25-,26-,27+,28-,29+/m1/s1. The van der Waals surface area contributed by atoms with Crippen molar-refractivity contribution in [3.8, 4) is 0 Å². The second-order valence-corrected chi connectivity index (χ2v) is 10.4. The minimum Gasteiger partial charge on any atom is -0.463 e. The molecule has 0 N–H and O–H groups in total. The fourth-order valence-electron chi connectivity index (χ4n) is 5.21. The largest absolute Gasteiger partial charge is 0.463 e. The molecule has 0 amide bonds. The van der Waals surface area contributed by atoms with E-state index in [-0.39, 0.29) is 12.7 Å². The molecule has 3 rings (SSSR count). The van der Waals surface area contributed by atoms with Crippen LogP contribution in [0, 0.1) is 0 Å². The summed E-state index contributed by atoms with van der Waals surface area (Å²) in [7, 11) is 3.03. The summed E-state index contributed by atoms with van der Waals surface area (Å²) in [4.78, 5) is 48.4. The minimum absolute atomic E-state index is 0.211. The number of rotatable bonds is 9. The van der Waals surface area contributed by atoms with Crippen LogP contribution in [0.5, 0.6) is 0 Å². The second-order valence-electron chi connectivity index (χ2n) is 9.98. The molecule has 1 aliphatic carbocycles. The van der Waals surface area contributed by atoms with E-state index >= 15 is 0 Å². The number of hydrogen-bond acceptors (Lipinski definition) is 11. The molecule has 0 aromatic heterocycles. The first kappa shape index (κ1) is 32.5. The highest BCUT2D eigenvalue weighted by atomic mass is 35.5. The summed E-state index contributed by atoms with van der Waals surface area (Å²) in [6, 6.07) is 5.02. The van der Waals surface area contributed by atoms with E-state index in [1.807, 2.05) is 6.08 Å². The molecular formula is C29H37ClO11. The topological polar surface area (TPSA) is 133 Å². The van der Waals surface area contributed by atoms with Gasteiger partial charge in [-0.1, -0.05) is 29.3 Å². The van der Waals surface area contributed by atoms with Crippen LogP contribution in [-0.4, -0.2) is 75.2 Å². The maximum Gasteiger partial charge on any atom is 0.303 e. The Morgan fingerprint density at radius 2 is 1.54 bits per heavy atom. The Balaban J connectivity index is 2.16. The Bertz CT molecular complexity index is 1160. The van der Waals surface area contributed by atoms with Crippen LogP contribution in [0.2, 0.25) is 5.02 Å². The van der Waals surface area contributed by atoms with Crippen LogP contribution >= 0.6 is 11.6 Å². The highest BCUT2D eigenvalue weighted by molar-refractivity contribution is 6.32. The number of carbonyl (C=O) groups excluding carboxylic acids is 4. The van der Waals surface area contributed by atoms with E-state index < -0.39 is 54.1 Å².